The van der Waals surface area contributed by atoms with Crippen molar-refractivity contribution in [2.75, 3.05) is 45.8 Å². The van der Waals surface area contributed by atoms with Crippen LogP contribution in [0.3, 0.4) is 0 Å². The predicted octanol–water partition coefficient (Wildman–Crippen LogP) is 14.4. The summed E-state index contributed by atoms with van der Waals surface area (Å²) < 4.78 is 0. The van der Waals surface area contributed by atoms with Crippen molar-refractivity contribution < 1.29 is 58.2 Å². The van der Waals surface area contributed by atoms with Gasteiger partial charge in [-0.15, -0.1) is 0 Å². The molecule has 0 aliphatic carbocycles. The average molecular weight is 1370 g/mol. The monoisotopic (exact) mass is 1370 g/mol. The predicted molar refractivity (Wildman–Crippen MR) is 389 cm³/mol. The standard InChI is InChI=1S/C79H129N7O12/c1-8-11-13-15-17-19-21-23-25-27-29-32-42-64(57-69(89)90)72(93)82-51-39-54-85-76(98)79(7,59-77(4,5)74(96)83-52-38-50-81-71(92)63-47-45-62(46-48-63)70(91)61-40-34-31-35-41-61)60-78(6,58-66(10-3)86-55-36-44-68(86)88)75(97)84-53-37-49-80-67(87)56-65(73(94)95)43-33-30-28-26-24-22-20-18-16-14-12-9-2/h31,34-35,40-41,45-48,64-66H,8-30,32-33,36-39,42-44,49-60H2,1-7H3,(H,80,87)(H,81,92)(H,82,93)(H,83,96)(H,84,97)(H,85,98)(H,89,90)(H,94,95). The Hall–Kier alpha value is -6.66. The summed E-state index contributed by atoms with van der Waals surface area (Å²) in [6.07, 6.45) is 31.1. The van der Waals surface area contributed by atoms with Crippen LogP contribution in [0.5, 0.6) is 0 Å². The average Bonchev–Trinajstić information content (AvgIpc) is 0.960. The van der Waals surface area contributed by atoms with E-state index in [-0.39, 0.29) is 119 Å². The van der Waals surface area contributed by atoms with E-state index in [0.717, 1.165) is 51.4 Å². The maximum atomic E-state index is 15.1. The molecule has 2 aromatic carbocycles. The molecule has 0 bridgehead atoms. The number of nitrogens with one attached hydrogen (secondary N) is 6. The van der Waals surface area contributed by atoms with Gasteiger partial charge in [-0.3, -0.25) is 47.9 Å². The van der Waals surface area contributed by atoms with E-state index in [1.165, 1.54) is 103 Å². The third-order valence-electron chi connectivity index (χ3n) is 19.7. The van der Waals surface area contributed by atoms with E-state index in [2.05, 4.69) is 45.7 Å². The molecule has 19 nitrogen and oxygen atoms in total. The Kier molecular flexibility index (Phi) is 42.8. The van der Waals surface area contributed by atoms with Gasteiger partial charge in [-0.05, 0) is 76.3 Å². The number of nitrogens with zero attached hydrogens (tertiary/aromatic N) is 1. The van der Waals surface area contributed by atoms with Crippen LogP contribution in [0.2, 0.25) is 0 Å². The number of unbranched alkanes of at least 4 members (excludes halogenated alkanes) is 22. The number of ketones is 1. The van der Waals surface area contributed by atoms with Gasteiger partial charge in [-0.25, -0.2) is 0 Å². The molecule has 5 atom stereocenters. The number of benzene rings is 2. The second-order valence-corrected chi connectivity index (χ2v) is 29.2. The second-order valence-electron chi connectivity index (χ2n) is 29.2. The number of amides is 7. The van der Waals surface area contributed by atoms with Gasteiger partial charge in [0.2, 0.25) is 35.4 Å². The molecule has 19 heteroatoms. The van der Waals surface area contributed by atoms with Gasteiger partial charge < -0.3 is 47.0 Å². The highest BCUT2D eigenvalue weighted by Crippen LogP contribution is 2.46. The molecular weight excluding hydrogens is 1240 g/mol. The van der Waals surface area contributed by atoms with Gasteiger partial charge in [0.25, 0.3) is 5.91 Å². The third kappa shape index (κ3) is 34.4. The Morgan fingerprint density at radius 2 is 0.888 bits per heavy atom. The smallest absolute Gasteiger partial charge is 0.307 e. The summed E-state index contributed by atoms with van der Waals surface area (Å²) >= 11 is 0. The lowest BCUT2D eigenvalue weighted by atomic mass is 9.63. The molecule has 1 fully saturated rings. The fourth-order valence-corrected chi connectivity index (χ4v) is 14.0. The van der Waals surface area contributed by atoms with Crippen molar-refractivity contribution in [3.8, 4) is 0 Å². The molecule has 7 amide bonds. The van der Waals surface area contributed by atoms with Crippen LogP contribution in [0, 0.1) is 28.1 Å². The molecule has 1 aliphatic heterocycles. The summed E-state index contributed by atoms with van der Waals surface area (Å²) in [5.74, 6) is -5.91. The number of carboxylic acid groups (broad SMARTS) is 2. The third-order valence-corrected chi connectivity index (χ3v) is 19.7. The molecule has 3 rings (SSSR count). The summed E-state index contributed by atoms with van der Waals surface area (Å²) in [6.45, 7) is 15.0. The maximum Gasteiger partial charge on any atom is 0.307 e. The Morgan fingerprint density at radius 1 is 0.459 bits per heavy atom. The Morgan fingerprint density at radius 3 is 1.36 bits per heavy atom. The van der Waals surface area contributed by atoms with E-state index in [9.17, 15) is 53.4 Å². The number of carbonyl (C=O) groups excluding carboxylic acids is 8. The minimum Gasteiger partial charge on any atom is -0.481 e. The molecule has 1 saturated heterocycles. The Bertz CT molecular complexity index is 2690. The van der Waals surface area contributed by atoms with Crippen molar-refractivity contribution in [2.24, 2.45) is 28.1 Å². The van der Waals surface area contributed by atoms with Crippen LogP contribution in [0.25, 0.3) is 0 Å². The first-order valence-electron chi connectivity index (χ1n) is 38.1. The Balaban J connectivity index is 1.72. The summed E-state index contributed by atoms with van der Waals surface area (Å²) in [5.41, 5.74) is -2.54. The zero-order chi connectivity index (χ0) is 72.0. The van der Waals surface area contributed by atoms with E-state index in [1.54, 1.807) is 76.2 Å². The van der Waals surface area contributed by atoms with Gasteiger partial charge in [0.05, 0.1) is 12.3 Å². The lowest BCUT2D eigenvalue weighted by Gasteiger charge is -2.43. The zero-order valence-electron chi connectivity index (χ0n) is 61.5. The van der Waals surface area contributed by atoms with Gasteiger partial charge >= 0.3 is 11.9 Å². The minimum atomic E-state index is -1.40. The van der Waals surface area contributed by atoms with Gasteiger partial charge in [0, 0.05) is 104 Å². The van der Waals surface area contributed by atoms with E-state index in [4.69, 9.17) is 0 Å². The summed E-state index contributed by atoms with van der Waals surface area (Å²) in [7, 11) is 0. The van der Waals surface area contributed by atoms with Gasteiger partial charge in [0.1, 0.15) is 0 Å². The number of hydrogen-bond donors (Lipinski definition) is 8. The quantitative estimate of drug-likeness (QED) is 0.0227. The first kappa shape index (κ1) is 85.6. The van der Waals surface area contributed by atoms with Crippen molar-refractivity contribution in [1.82, 2.24) is 36.8 Å². The minimum absolute atomic E-state index is 0.0101. The largest absolute Gasteiger partial charge is 0.481 e. The lowest BCUT2D eigenvalue weighted by Crippen LogP contribution is -2.52. The fourth-order valence-electron chi connectivity index (χ4n) is 14.0. The summed E-state index contributed by atoms with van der Waals surface area (Å²) in [6, 6.07) is 14.9. The summed E-state index contributed by atoms with van der Waals surface area (Å²) in [4.78, 5) is 136. The maximum absolute atomic E-state index is 15.1. The molecular formula is C79H129N7O12. The highest BCUT2D eigenvalue weighted by atomic mass is 16.4. The van der Waals surface area contributed by atoms with Crippen molar-refractivity contribution in [3.05, 3.63) is 71.3 Å². The molecule has 552 valence electrons. The number of rotatable bonds is 58. The van der Waals surface area contributed by atoms with Crippen LogP contribution < -0.4 is 31.9 Å². The number of carboxylic acids is 2. The van der Waals surface area contributed by atoms with Crippen LogP contribution in [0.4, 0.5) is 0 Å². The number of carbonyl (C=O) groups is 10. The lowest BCUT2D eigenvalue weighted by molar-refractivity contribution is -0.145. The highest BCUT2D eigenvalue weighted by molar-refractivity contribution is 6.09. The van der Waals surface area contributed by atoms with Crippen molar-refractivity contribution in [2.45, 2.75) is 292 Å². The van der Waals surface area contributed by atoms with Crippen molar-refractivity contribution in [1.29, 1.82) is 0 Å². The molecule has 2 aromatic rings. The first-order valence-corrected chi connectivity index (χ1v) is 38.1. The molecule has 0 radical (unpaired) electrons. The zero-order valence-corrected chi connectivity index (χ0v) is 61.5. The van der Waals surface area contributed by atoms with Crippen molar-refractivity contribution >= 4 is 59.1 Å². The van der Waals surface area contributed by atoms with Crippen LogP contribution in [0.1, 0.15) is 312 Å². The molecule has 98 heavy (non-hydrogen) atoms. The van der Waals surface area contributed by atoms with Gasteiger partial charge in [-0.1, -0.05) is 245 Å². The van der Waals surface area contributed by atoms with Crippen LogP contribution in [0.15, 0.2) is 54.6 Å². The second kappa shape index (κ2) is 49.0. The Labute approximate surface area is 588 Å². The molecule has 1 heterocycles. The fraction of sp³-hybridized carbons (Fsp3) is 0.722. The van der Waals surface area contributed by atoms with E-state index in [0.29, 0.717) is 74.6 Å². The molecule has 0 spiro atoms. The normalized spacial score (nSPS) is 14.5. The van der Waals surface area contributed by atoms with Gasteiger partial charge in [0.15, 0.2) is 5.78 Å². The number of aliphatic carboxylic acids is 2. The number of likely N-dealkylation sites (tertiary alicyclic amines) is 1. The van der Waals surface area contributed by atoms with E-state index < -0.39 is 45.9 Å². The summed E-state index contributed by atoms with van der Waals surface area (Å²) in [5, 5.41) is 37.5. The van der Waals surface area contributed by atoms with Crippen LogP contribution in [-0.4, -0.2) is 126 Å². The molecule has 1 aliphatic rings. The number of hydrogen-bond acceptors (Lipinski definition) is 10. The molecule has 5 unspecified atom stereocenters. The first-order chi connectivity index (χ1) is 47.0. The molecule has 0 aromatic heterocycles. The topological polar surface area (TPSA) is 287 Å². The SMILES string of the molecule is CCCCCCCCCCCCCCC(CC(=O)NCCCNC(=O)C(C)(CC(CC)N1CCCC1=O)CC(C)(CC(C)(C)C(=O)NCCCNC(=O)c1ccc(C(=O)c2ccccc2)cc1)C(=O)NCCCNC(=O)C(CCCCCCCCCCCCCC)CC(=O)O)C(=O)O. The van der Waals surface area contributed by atoms with Crippen LogP contribution in [-0.2, 0) is 38.4 Å². The van der Waals surface area contributed by atoms with E-state index in [1.807, 2.05) is 17.9 Å². The van der Waals surface area contributed by atoms with Crippen LogP contribution >= 0.6 is 0 Å². The highest BCUT2D eigenvalue weighted by Gasteiger charge is 2.50. The molecule has 0 saturated carbocycles. The van der Waals surface area contributed by atoms with E-state index >= 15 is 4.79 Å². The molecule has 8 N–H and O–H groups in total. The van der Waals surface area contributed by atoms with Gasteiger partial charge in [-0.2, -0.15) is 0 Å². The van der Waals surface area contributed by atoms with Crippen molar-refractivity contribution in [3.63, 3.8) is 0 Å².